The molecule has 0 fully saturated rings. The molecule has 0 aliphatic rings. The third-order valence-corrected chi connectivity index (χ3v) is 6.98. The molecule has 5 rings (SSSR count). The Morgan fingerprint density at radius 1 is 0.522 bits per heavy atom. The van der Waals surface area contributed by atoms with Crippen molar-refractivity contribution in [2.24, 2.45) is 9.98 Å². The van der Waals surface area contributed by atoms with Crippen LogP contribution in [0.4, 0.5) is 11.4 Å². The van der Waals surface area contributed by atoms with E-state index in [0.717, 1.165) is 72.8 Å². The minimum Gasteiger partial charge on any atom is -1.00 e. The standard InChI is InChI=1S/C35H32N4O.4BrH.2Pd/c1-22-12-13-31(40)33(28-18-25(4)35(26(5)19-28)39-21-30-11-7-9-15-37-30)32(22)27-16-23(2)34(24(3)17-27)38-20-29-10-6-8-14-36-29;;;;;;/h6-21,40H,1-5H3;4*1H;;/q;;;;;2*+2/p-4. The quantitative estimate of drug-likeness (QED) is 0.143. The summed E-state index contributed by atoms with van der Waals surface area (Å²) in [4.78, 5) is 18.2. The Balaban J connectivity index is 0. The van der Waals surface area contributed by atoms with E-state index >= 15 is 0 Å². The van der Waals surface area contributed by atoms with Crippen LogP contribution < -0.4 is 67.9 Å². The van der Waals surface area contributed by atoms with Gasteiger partial charge >= 0.3 is 40.8 Å². The second-order valence-corrected chi connectivity index (χ2v) is 10.1. The Morgan fingerprint density at radius 3 is 1.28 bits per heavy atom. The fourth-order valence-electron chi connectivity index (χ4n) is 5.13. The van der Waals surface area contributed by atoms with Gasteiger partial charge in [0.1, 0.15) is 5.75 Å². The Bertz CT molecular complexity index is 1590. The number of aryl methyl sites for hydroxylation is 5. The first-order chi connectivity index (χ1) is 19.3. The third kappa shape index (κ3) is 10.9. The summed E-state index contributed by atoms with van der Waals surface area (Å²) in [6.45, 7) is 10.3. The first-order valence-corrected chi connectivity index (χ1v) is 13.3. The van der Waals surface area contributed by atoms with Crippen molar-refractivity contribution in [1.29, 1.82) is 0 Å². The van der Waals surface area contributed by atoms with E-state index in [-0.39, 0.29) is 115 Å². The van der Waals surface area contributed by atoms with Crippen LogP contribution in [0.1, 0.15) is 39.2 Å². The molecule has 11 heteroatoms. The molecule has 0 atom stereocenters. The van der Waals surface area contributed by atoms with E-state index in [1.165, 1.54) is 0 Å². The molecule has 0 bridgehead atoms. The van der Waals surface area contributed by atoms with Crippen LogP contribution in [-0.4, -0.2) is 27.5 Å². The molecule has 0 radical (unpaired) electrons. The Morgan fingerprint density at radius 2 is 0.913 bits per heavy atom. The van der Waals surface area contributed by atoms with E-state index in [4.69, 9.17) is 9.98 Å². The van der Waals surface area contributed by atoms with Gasteiger partial charge in [-0.15, -0.1) is 0 Å². The van der Waals surface area contributed by atoms with Crippen LogP contribution in [0.2, 0.25) is 0 Å². The van der Waals surface area contributed by atoms with Crippen molar-refractivity contribution in [3.05, 3.63) is 124 Å². The largest absolute Gasteiger partial charge is 2.00 e. The maximum atomic E-state index is 11.2. The molecule has 0 aliphatic carbocycles. The van der Waals surface area contributed by atoms with Crippen LogP contribution in [-0.2, 0) is 40.8 Å². The normalized spacial score (nSPS) is 10.0. The van der Waals surface area contributed by atoms with Crippen LogP contribution in [0.15, 0.2) is 95.2 Å². The first kappa shape index (κ1) is 46.5. The summed E-state index contributed by atoms with van der Waals surface area (Å²) in [6.07, 6.45) is 7.10. The predicted molar refractivity (Wildman–Crippen MR) is 166 cm³/mol. The summed E-state index contributed by atoms with van der Waals surface area (Å²) in [5.41, 5.74) is 12.5. The van der Waals surface area contributed by atoms with Gasteiger partial charge in [-0.05, 0) is 134 Å². The van der Waals surface area contributed by atoms with Gasteiger partial charge in [-0.3, -0.25) is 20.0 Å². The van der Waals surface area contributed by atoms with Crippen molar-refractivity contribution in [2.75, 3.05) is 0 Å². The fraction of sp³-hybridized carbons (Fsp3) is 0.143. The summed E-state index contributed by atoms with van der Waals surface area (Å²) in [6, 6.07) is 23.8. The molecule has 5 nitrogen and oxygen atoms in total. The van der Waals surface area contributed by atoms with E-state index in [1.807, 2.05) is 42.5 Å². The van der Waals surface area contributed by atoms with E-state index in [9.17, 15) is 5.11 Å². The molecule has 5 aromatic rings. The molecule has 0 saturated carbocycles. The predicted octanol–water partition coefficient (Wildman–Crippen LogP) is -3.43. The van der Waals surface area contributed by atoms with Gasteiger partial charge in [-0.2, -0.15) is 0 Å². The monoisotopic (exact) mass is 1050 g/mol. The van der Waals surface area contributed by atoms with E-state index in [2.05, 4.69) is 68.9 Å². The number of hydrogen-bond acceptors (Lipinski definition) is 5. The second kappa shape index (κ2) is 21.3. The van der Waals surface area contributed by atoms with Crippen molar-refractivity contribution in [3.8, 4) is 28.0 Å². The minimum absolute atomic E-state index is 0. The average molecular weight is 1060 g/mol. The maximum absolute atomic E-state index is 11.2. The molecule has 0 saturated heterocycles. The van der Waals surface area contributed by atoms with E-state index in [1.54, 1.807) is 30.9 Å². The van der Waals surface area contributed by atoms with Crippen LogP contribution in [0, 0.1) is 34.6 Å². The average Bonchev–Trinajstić information content (AvgIpc) is 2.94. The Labute approximate surface area is 341 Å². The molecule has 0 spiro atoms. The molecule has 1 N–H and O–H groups in total. The third-order valence-electron chi connectivity index (χ3n) is 6.98. The molecule has 3 aromatic carbocycles. The number of nitrogens with zero attached hydrogens (tertiary/aromatic N) is 4. The number of aromatic hydroxyl groups is 1. The van der Waals surface area contributed by atoms with Crippen molar-refractivity contribution >= 4 is 23.8 Å². The second-order valence-electron chi connectivity index (χ2n) is 10.1. The molecule has 46 heavy (non-hydrogen) atoms. The number of aromatic nitrogens is 2. The summed E-state index contributed by atoms with van der Waals surface area (Å²) in [7, 11) is 0. The molecule has 0 amide bonds. The molecular weight excluding hydrogens is 1020 g/mol. The molecular formula is C35H32Br4N4OPd2. The number of hydrogen-bond donors (Lipinski definition) is 1. The van der Waals surface area contributed by atoms with Crippen LogP contribution in [0.25, 0.3) is 22.3 Å². The van der Waals surface area contributed by atoms with Gasteiger partial charge in [-0.25, -0.2) is 0 Å². The van der Waals surface area contributed by atoms with Crippen molar-refractivity contribution in [3.63, 3.8) is 0 Å². The van der Waals surface area contributed by atoms with E-state index < -0.39 is 0 Å². The maximum Gasteiger partial charge on any atom is 2.00 e. The number of aliphatic imine (C=N–C) groups is 2. The number of benzene rings is 3. The van der Waals surface area contributed by atoms with Gasteiger partial charge in [0.15, 0.2) is 0 Å². The first-order valence-electron chi connectivity index (χ1n) is 13.3. The van der Waals surface area contributed by atoms with Crippen LogP contribution in [0.5, 0.6) is 5.75 Å². The number of halogens is 4. The molecule has 2 aromatic heterocycles. The van der Waals surface area contributed by atoms with Gasteiger partial charge in [0, 0.05) is 18.0 Å². The van der Waals surface area contributed by atoms with Gasteiger partial charge in [0.2, 0.25) is 0 Å². The van der Waals surface area contributed by atoms with Crippen LogP contribution >= 0.6 is 0 Å². The summed E-state index contributed by atoms with van der Waals surface area (Å²) >= 11 is 0. The zero-order chi connectivity index (χ0) is 28.2. The minimum atomic E-state index is 0. The van der Waals surface area contributed by atoms with Gasteiger partial charge in [0.05, 0.1) is 35.2 Å². The fourth-order valence-corrected chi connectivity index (χ4v) is 5.13. The van der Waals surface area contributed by atoms with Gasteiger partial charge < -0.3 is 73.0 Å². The SMILES string of the molecule is Cc1cc(-c2c(C)ccc(O)c2-c2cc(C)c(N=Cc3ccccn3)c(C)c2)cc(C)c1N=Cc1ccccn1.[Br-].[Br-].[Br-].[Br-].[Pd+2].[Pd+2]. The zero-order valence-corrected chi connectivity index (χ0v) is 35.1. The van der Waals surface area contributed by atoms with Crippen LogP contribution in [0.3, 0.4) is 0 Å². The molecule has 2 heterocycles. The Kier molecular flexibility index (Phi) is 21.6. The molecule has 0 unspecified atom stereocenters. The van der Waals surface area contributed by atoms with Crippen molar-refractivity contribution in [1.82, 2.24) is 9.97 Å². The molecule has 0 aliphatic heterocycles. The smallest absolute Gasteiger partial charge is 1.00 e. The number of pyridine rings is 2. The Hall–Kier alpha value is -1.66. The zero-order valence-electron chi connectivity index (χ0n) is 25.6. The van der Waals surface area contributed by atoms with Gasteiger partial charge in [-0.1, -0.05) is 18.2 Å². The summed E-state index contributed by atoms with van der Waals surface area (Å²) in [5.74, 6) is 0.247. The van der Waals surface area contributed by atoms with E-state index in [0.29, 0.717) is 0 Å². The summed E-state index contributed by atoms with van der Waals surface area (Å²) < 4.78 is 0. The molecule has 246 valence electrons. The van der Waals surface area contributed by atoms with Crippen molar-refractivity contribution < 1.29 is 114 Å². The number of phenols is 1. The number of phenolic OH excluding ortho intramolecular Hbond substituents is 1. The summed E-state index contributed by atoms with van der Waals surface area (Å²) in [5, 5.41) is 11.2. The van der Waals surface area contributed by atoms with Crippen molar-refractivity contribution in [2.45, 2.75) is 34.6 Å². The van der Waals surface area contributed by atoms with Gasteiger partial charge in [0.25, 0.3) is 0 Å². The number of rotatable bonds is 6. The topological polar surface area (TPSA) is 70.7 Å².